The van der Waals surface area contributed by atoms with E-state index in [0.29, 0.717) is 33.0 Å². The Labute approximate surface area is 274 Å². The monoisotopic (exact) mass is 679 g/mol. The van der Waals surface area contributed by atoms with Crippen LogP contribution in [0.3, 0.4) is 0 Å². The topological polar surface area (TPSA) is 96.0 Å². The smallest absolute Gasteiger partial charge is 0.264 e. The van der Waals surface area contributed by atoms with Crippen molar-refractivity contribution in [1.29, 1.82) is 0 Å². The summed E-state index contributed by atoms with van der Waals surface area (Å²) in [5.41, 5.74) is 0.815. The van der Waals surface area contributed by atoms with E-state index in [1.54, 1.807) is 49.4 Å². The highest BCUT2D eigenvalue weighted by Crippen LogP contribution is 2.28. The first-order chi connectivity index (χ1) is 21.0. The SMILES string of the molecule is CCOc1ccc(N(CC(=O)N(Cc2ccc(Cl)cc2Cl)C(C)C(=O)NC2CCCCC2)S(=O)(=O)c2ccc(Cl)cc2)cc1. The molecule has 1 aliphatic rings. The number of anilines is 1. The zero-order valence-corrected chi connectivity index (χ0v) is 27.7. The fourth-order valence-corrected chi connectivity index (χ4v) is 7.13. The van der Waals surface area contributed by atoms with Crippen molar-refractivity contribution in [2.24, 2.45) is 0 Å². The van der Waals surface area contributed by atoms with Crippen LogP contribution in [0, 0.1) is 0 Å². The molecule has 44 heavy (non-hydrogen) atoms. The fourth-order valence-electron chi connectivity index (χ4n) is 5.12. The average Bonchev–Trinajstić information content (AvgIpc) is 3.00. The first-order valence-electron chi connectivity index (χ1n) is 14.5. The highest BCUT2D eigenvalue weighted by atomic mass is 35.5. The molecule has 4 rings (SSSR count). The van der Waals surface area contributed by atoms with Gasteiger partial charge in [-0.05, 0) is 92.9 Å². The Morgan fingerprint density at radius 2 is 1.57 bits per heavy atom. The third kappa shape index (κ3) is 8.59. The van der Waals surface area contributed by atoms with Crippen LogP contribution in [0.1, 0.15) is 51.5 Å². The van der Waals surface area contributed by atoms with E-state index in [0.717, 1.165) is 36.4 Å². The van der Waals surface area contributed by atoms with Crippen LogP contribution in [0.15, 0.2) is 71.6 Å². The van der Waals surface area contributed by atoms with Gasteiger partial charge in [0, 0.05) is 27.7 Å². The molecule has 0 saturated heterocycles. The van der Waals surface area contributed by atoms with Gasteiger partial charge in [-0.15, -0.1) is 0 Å². The van der Waals surface area contributed by atoms with Gasteiger partial charge in [0.05, 0.1) is 17.2 Å². The highest BCUT2D eigenvalue weighted by molar-refractivity contribution is 7.92. The standard InChI is InChI=1S/C32H36Cl3N3O5S/c1-3-43-28-15-13-27(14-16-28)38(44(41,42)29-17-11-24(33)12-18-29)21-31(39)37(20-23-9-10-25(34)19-30(23)35)22(2)32(40)36-26-7-5-4-6-8-26/h9-19,22,26H,3-8,20-21H2,1-2H3,(H,36,40). The maximum atomic E-state index is 14.2. The molecule has 0 bridgehead atoms. The van der Waals surface area contributed by atoms with Crippen LogP contribution in [0.2, 0.25) is 15.1 Å². The first kappa shape index (κ1) is 33.9. The van der Waals surface area contributed by atoms with Crippen LogP contribution in [0.4, 0.5) is 5.69 Å². The Balaban J connectivity index is 1.70. The van der Waals surface area contributed by atoms with Gasteiger partial charge in [-0.1, -0.05) is 60.1 Å². The van der Waals surface area contributed by atoms with Gasteiger partial charge in [0.25, 0.3) is 10.0 Å². The fraction of sp³-hybridized carbons (Fsp3) is 0.375. The minimum absolute atomic E-state index is 0.0282. The molecule has 3 aromatic rings. The number of carbonyl (C=O) groups excluding carboxylic acids is 2. The third-order valence-electron chi connectivity index (χ3n) is 7.59. The Bertz CT molecular complexity index is 1550. The summed E-state index contributed by atoms with van der Waals surface area (Å²) < 4.78 is 34.5. The molecular formula is C32H36Cl3N3O5S. The molecular weight excluding hydrogens is 645 g/mol. The molecule has 1 saturated carbocycles. The number of benzene rings is 3. The van der Waals surface area contributed by atoms with Crippen molar-refractivity contribution in [2.75, 3.05) is 17.5 Å². The summed E-state index contributed by atoms with van der Waals surface area (Å²) >= 11 is 18.6. The molecule has 0 radical (unpaired) electrons. The van der Waals surface area contributed by atoms with Gasteiger partial charge in [-0.3, -0.25) is 13.9 Å². The molecule has 8 nitrogen and oxygen atoms in total. The summed E-state index contributed by atoms with van der Waals surface area (Å²) in [6.45, 7) is 3.30. The van der Waals surface area contributed by atoms with E-state index in [4.69, 9.17) is 39.5 Å². The molecule has 2 amide bonds. The van der Waals surface area contributed by atoms with Gasteiger partial charge < -0.3 is 15.0 Å². The van der Waals surface area contributed by atoms with Crippen molar-refractivity contribution < 1.29 is 22.7 Å². The maximum Gasteiger partial charge on any atom is 0.264 e. The normalized spacial score (nSPS) is 14.5. The molecule has 1 N–H and O–H groups in total. The molecule has 0 aromatic heterocycles. The second kappa shape index (κ2) is 15.3. The van der Waals surface area contributed by atoms with Crippen molar-refractivity contribution in [3.63, 3.8) is 0 Å². The summed E-state index contributed by atoms with van der Waals surface area (Å²) in [6, 6.07) is 16.1. The quantitative estimate of drug-likeness (QED) is 0.220. The molecule has 1 aliphatic carbocycles. The Hall–Kier alpha value is -2.98. The minimum Gasteiger partial charge on any atom is -0.494 e. The van der Waals surface area contributed by atoms with E-state index in [1.807, 2.05) is 6.92 Å². The number of halogens is 3. The lowest BCUT2D eigenvalue weighted by Crippen LogP contribution is -2.53. The summed E-state index contributed by atoms with van der Waals surface area (Å²) in [5.74, 6) is -0.351. The Kier molecular flexibility index (Phi) is 11.8. The van der Waals surface area contributed by atoms with E-state index in [1.165, 1.54) is 29.2 Å². The lowest BCUT2D eigenvalue weighted by molar-refractivity contribution is -0.139. The van der Waals surface area contributed by atoms with Crippen molar-refractivity contribution in [3.8, 4) is 5.75 Å². The van der Waals surface area contributed by atoms with Gasteiger partial charge in [0.2, 0.25) is 11.8 Å². The van der Waals surface area contributed by atoms with Crippen LogP contribution in [0.25, 0.3) is 0 Å². The van der Waals surface area contributed by atoms with E-state index < -0.39 is 28.5 Å². The number of hydrogen-bond donors (Lipinski definition) is 1. The summed E-state index contributed by atoms with van der Waals surface area (Å²) in [6.07, 6.45) is 4.94. The molecule has 236 valence electrons. The molecule has 0 aliphatic heterocycles. The summed E-state index contributed by atoms with van der Waals surface area (Å²) in [7, 11) is -4.24. The summed E-state index contributed by atoms with van der Waals surface area (Å²) in [4.78, 5) is 29.0. The minimum atomic E-state index is -4.24. The molecule has 1 fully saturated rings. The van der Waals surface area contributed by atoms with Crippen LogP contribution in [0.5, 0.6) is 5.75 Å². The van der Waals surface area contributed by atoms with E-state index in [9.17, 15) is 18.0 Å². The van der Waals surface area contributed by atoms with E-state index >= 15 is 0 Å². The zero-order valence-electron chi connectivity index (χ0n) is 24.6. The lowest BCUT2D eigenvalue weighted by atomic mass is 9.95. The molecule has 1 unspecified atom stereocenters. The van der Waals surface area contributed by atoms with Crippen molar-refractivity contribution in [3.05, 3.63) is 87.4 Å². The van der Waals surface area contributed by atoms with E-state index in [2.05, 4.69) is 5.32 Å². The molecule has 3 aromatic carbocycles. The number of amides is 2. The van der Waals surface area contributed by atoms with Gasteiger partial charge >= 0.3 is 0 Å². The maximum absolute atomic E-state index is 14.2. The van der Waals surface area contributed by atoms with Crippen LogP contribution >= 0.6 is 34.8 Å². The van der Waals surface area contributed by atoms with Gasteiger partial charge in [-0.2, -0.15) is 0 Å². The van der Waals surface area contributed by atoms with Gasteiger partial charge in [0.15, 0.2) is 0 Å². The Morgan fingerprint density at radius 1 is 0.932 bits per heavy atom. The van der Waals surface area contributed by atoms with Crippen molar-refractivity contribution in [1.82, 2.24) is 10.2 Å². The number of nitrogens with zero attached hydrogens (tertiary/aromatic N) is 2. The second-order valence-corrected chi connectivity index (χ2v) is 13.8. The number of carbonyl (C=O) groups is 2. The molecule has 1 atom stereocenters. The number of rotatable bonds is 12. The number of sulfonamides is 1. The predicted molar refractivity (Wildman–Crippen MR) is 175 cm³/mol. The van der Waals surface area contributed by atoms with Gasteiger partial charge in [-0.25, -0.2) is 8.42 Å². The van der Waals surface area contributed by atoms with Gasteiger partial charge in [0.1, 0.15) is 18.3 Å². The van der Waals surface area contributed by atoms with Crippen molar-refractivity contribution in [2.45, 2.75) is 69.5 Å². The van der Waals surface area contributed by atoms with Crippen LogP contribution < -0.4 is 14.4 Å². The molecule has 12 heteroatoms. The first-order valence-corrected chi connectivity index (χ1v) is 17.1. The second-order valence-electron chi connectivity index (χ2n) is 10.7. The largest absolute Gasteiger partial charge is 0.494 e. The lowest BCUT2D eigenvalue weighted by Gasteiger charge is -2.33. The number of ether oxygens (including phenoxy) is 1. The highest BCUT2D eigenvalue weighted by Gasteiger charge is 2.33. The zero-order chi connectivity index (χ0) is 31.9. The number of hydrogen-bond acceptors (Lipinski definition) is 5. The average molecular weight is 681 g/mol. The number of nitrogens with one attached hydrogen (secondary N) is 1. The molecule has 0 spiro atoms. The Morgan fingerprint density at radius 3 is 2.18 bits per heavy atom. The molecule has 0 heterocycles. The predicted octanol–water partition coefficient (Wildman–Crippen LogP) is 7.11. The van der Waals surface area contributed by atoms with Crippen LogP contribution in [-0.4, -0.2) is 50.4 Å². The van der Waals surface area contributed by atoms with Crippen LogP contribution in [-0.2, 0) is 26.2 Å². The summed E-state index contributed by atoms with van der Waals surface area (Å²) in [5, 5.41) is 4.21. The van der Waals surface area contributed by atoms with E-state index in [-0.39, 0.29) is 29.1 Å². The third-order valence-corrected chi connectivity index (χ3v) is 10.2. The van der Waals surface area contributed by atoms with Crippen molar-refractivity contribution >= 4 is 62.3 Å².